The third-order valence-electron chi connectivity index (χ3n) is 2.13. The van der Waals surface area contributed by atoms with Crippen molar-refractivity contribution in [2.45, 2.75) is 13.5 Å². The minimum absolute atomic E-state index is 0.280. The molecule has 1 amide bonds. The van der Waals surface area contributed by atoms with Gasteiger partial charge in [0.15, 0.2) is 0 Å². The molecule has 0 radical (unpaired) electrons. The molecular formula is C9H12N6O2S. The molecule has 0 aromatic carbocycles. The van der Waals surface area contributed by atoms with Crippen LogP contribution in [0.25, 0.3) is 0 Å². The predicted octanol–water partition coefficient (Wildman–Crippen LogP) is 0.337. The van der Waals surface area contributed by atoms with E-state index in [-0.39, 0.29) is 11.9 Å². The van der Waals surface area contributed by atoms with Gasteiger partial charge in [-0.25, -0.2) is 4.68 Å². The van der Waals surface area contributed by atoms with Crippen molar-refractivity contribution < 1.29 is 9.53 Å². The molecule has 0 fully saturated rings. The van der Waals surface area contributed by atoms with Crippen LogP contribution in [-0.2, 0) is 11.3 Å². The average Bonchev–Trinajstić information content (AvgIpc) is 2.96. The topological polar surface area (TPSA) is 94.8 Å². The van der Waals surface area contributed by atoms with Crippen molar-refractivity contribution in [1.29, 1.82) is 0 Å². The Hall–Kier alpha value is -1.87. The number of rotatable bonds is 5. The number of methoxy groups -OCH3 is 1. The summed E-state index contributed by atoms with van der Waals surface area (Å²) in [5.74, 6) is -0.0458. The molecule has 0 aliphatic carbocycles. The van der Waals surface area contributed by atoms with Crippen LogP contribution in [0.4, 0.5) is 5.95 Å². The summed E-state index contributed by atoms with van der Waals surface area (Å²) in [5, 5.41) is 13.6. The summed E-state index contributed by atoms with van der Waals surface area (Å²) < 4.78 is 10.4. The molecule has 0 spiro atoms. The zero-order valence-corrected chi connectivity index (χ0v) is 10.8. The third kappa shape index (κ3) is 2.87. The summed E-state index contributed by atoms with van der Waals surface area (Å²) in [4.78, 5) is 12.8. The number of hydrogen-bond acceptors (Lipinski definition) is 7. The van der Waals surface area contributed by atoms with E-state index in [1.165, 1.54) is 16.2 Å². The van der Waals surface area contributed by atoms with Gasteiger partial charge in [0.2, 0.25) is 5.95 Å². The monoisotopic (exact) mass is 268 g/mol. The molecule has 8 nitrogen and oxygen atoms in total. The summed E-state index contributed by atoms with van der Waals surface area (Å²) >= 11 is 1.27. The summed E-state index contributed by atoms with van der Waals surface area (Å²) in [7, 11) is 1.58. The van der Waals surface area contributed by atoms with Gasteiger partial charge in [-0.15, -0.1) is 0 Å². The number of aryl methyl sites for hydroxylation is 1. The van der Waals surface area contributed by atoms with Gasteiger partial charge in [0.25, 0.3) is 5.91 Å². The fourth-order valence-electron chi connectivity index (χ4n) is 1.26. The van der Waals surface area contributed by atoms with Gasteiger partial charge in [-0.1, -0.05) is 5.10 Å². The maximum atomic E-state index is 11.8. The second kappa shape index (κ2) is 5.65. The van der Waals surface area contributed by atoms with Crippen LogP contribution < -0.4 is 5.32 Å². The Bertz CT molecular complexity index is 537. The van der Waals surface area contributed by atoms with Crippen LogP contribution in [0.2, 0.25) is 0 Å². The number of carbonyl (C=O) groups excluding carboxylic acids is 1. The standard InChI is InChI=1S/C9H12N6O2S/c1-6-5-7(12-18-6)8(16)10-9-11-13-14-15(9)3-4-17-2/h5H,3-4H2,1-2H3,(H,10,11,14,16). The fraction of sp³-hybridized carbons (Fsp3) is 0.444. The number of anilines is 1. The SMILES string of the molecule is COCCn1nnnc1NC(=O)c1cc(C)sn1. The summed E-state index contributed by atoms with van der Waals surface area (Å²) in [6.07, 6.45) is 0. The molecule has 0 saturated carbocycles. The zero-order chi connectivity index (χ0) is 13.0. The highest BCUT2D eigenvalue weighted by atomic mass is 32.1. The predicted molar refractivity (Wildman–Crippen MR) is 64.5 cm³/mol. The van der Waals surface area contributed by atoms with E-state index in [1.807, 2.05) is 6.92 Å². The van der Waals surface area contributed by atoms with Gasteiger partial charge in [-0.2, -0.15) is 4.37 Å². The molecule has 1 N–H and O–H groups in total. The van der Waals surface area contributed by atoms with Gasteiger partial charge in [0.05, 0.1) is 13.2 Å². The number of aromatic nitrogens is 5. The Balaban J connectivity index is 2.05. The first-order valence-corrected chi connectivity index (χ1v) is 5.98. The van der Waals surface area contributed by atoms with Crippen molar-refractivity contribution in [2.24, 2.45) is 0 Å². The molecule has 0 atom stereocenters. The lowest BCUT2D eigenvalue weighted by molar-refractivity contribution is 0.102. The molecule has 0 saturated heterocycles. The molecule has 0 bridgehead atoms. The molecule has 0 aliphatic heterocycles. The molecule has 0 unspecified atom stereocenters. The van der Waals surface area contributed by atoms with Crippen molar-refractivity contribution in [3.63, 3.8) is 0 Å². The highest BCUT2D eigenvalue weighted by molar-refractivity contribution is 7.05. The number of carbonyl (C=O) groups is 1. The first-order valence-electron chi connectivity index (χ1n) is 5.20. The first-order chi connectivity index (χ1) is 8.70. The van der Waals surface area contributed by atoms with E-state index in [4.69, 9.17) is 4.74 Å². The van der Waals surface area contributed by atoms with Crippen LogP contribution in [-0.4, -0.2) is 44.2 Å². The molecule has 2 aromatic rings. The molecule has 2 aromatic heterocycles. The van der Waals surface area contributed by atoms with E-state index in [2.05, 4.69) is 25.2 Å². The van der Waals surface area contributed by atoms with Crippen LogP contribution in [0, 0.1) is 6.92 Å². The molecule has 0 aliphatic rings. The highest BCUT2D eigenvalue weighted by Crippen LogP contribution is 2.10. The van der Waals surface area contributed by atoms with E-state index in [1.54, 1.807) is 13.2 Å². The number of nitrogens with one attached hydrogen (secondary N) is 1. The van der Waals surface area contributed by atoms with Gasteiger partial charge >= 0.3 is 0 Å². The smallest absolute Gasteiger partial charge is 0.277 e. The fourth-order valence-corrected chi connectivity index (χ4v) is 1.80. The quantitative estimate of drug-likeness (QED) is 0.840. The summed E-state index contributed by atoms with van der Waals surface area (Å²) in [5.41, 5.74) is 0.360. The second-order valence-electron chi connectivity index (χ2n) is 3.50. The van der Waals surface area contributed by atoms with Gasteiger partial charge < -0.3 is 4.74 Å². The maximum absolute atomic E-state index is 11.8. The molecule has 2 heterocycles. The van der Waals surface area contributed by atoms with Crippen molar-refractivity contribution in [3.8, 4) is 0 Å². The average molecular weight is 268 g/mol. The summed E-state index contributed by atoms with van der Waals surface area (Å²) in [6.45, 7) is 2.82. The van der Waals surface area contributed by atoms with Crippen molar-refractivity contribution in [2.75, 3.05) is 19.0 Å². The maximum Gasteiger partial charge on any atom is 0.277 e. The zero-order valence-electron chi connectivity index (χ0n) is 9.95. The van der Waals surface area contributed by atoms with E-state index in [0.717, 1.165) is 4.88 Å². The minimum atomic E-state index is -0.326. The van der Waals surface area contributed by atoms with Gasteiger partial charge in [-0.05, 0) is 34.9 Å². The molecule has 96 valence electrons. The first kappa shape index (κ1) is 12.6. The van der Waals surface area contributed by atoms with Crippen molar-refractivity contribution in [1.82, 2.24) is 24.6 Å². The van der Waals surface area contributed by atoms with Gasteiger partial charge in [0.1, 0.15) is 5.69 Å². The van der Waals surface area contributed by atoms with Crippen molar-refractivity contribution >= 4 is 23.4 Å². The van der Waals surface area contributed by atoms with E-state index >= 15 is 0 Å². The van der Waals surface area contributed by atoms with Crippen LogP contribution in [0.15, 0.2) is 6.07 Å². The molecular weight excluding hydrogens is 256 g/mol. The van der Waals surface area contributed by atoms with Crippen molar-refractivity contribution in [3.05, 3.63) is 16.6 Å². The number of nitrogens with zero attached hydrogens (tertiary/aromatic N) is 5. The molecule has 2 rings (SSSR count). The number of tetrazole rings is 1. The number of hydrogen-bond donors (Lipinski definition) is 1. The van der Waals surface area contributed by atoms with Crippen LogP contribution in [0.3, 0.4) is 0 Å². The van der Waals surface area contributed by atoms with E-state index < -0.39 is 0 Å². The van der Waals surface area contributed by atoms with E-state index in [0.29, 0.717) is 18.8 Å². The van der Waals surface area contributed by atoms with Gasteiger partial charge in [0, 0.05) is 12.0 Å². The lowest BCUT2D eigenvalue weighted by Crippen LogP contribution is -2.18. The van der Waals surface area contributed by atoms with Gasteiger partial charge in [-0.3, -0.25) is 10.1 Å². The lowest BCUT2D eigenvalue weighted by Gasteiger charge is -2.03. The number of amides is 1. The Kier molecular flexibility index (Phi) is 3.95. The Labute approximate surface area is 107 Å². The summed E-state index contributed by atoms with van der Waals surface area (Å²) in [6, 6.07) is 1.71. The molecule has 9 heteroatoms. The lowest BCUT2D eigenvalue weighted by atomic mass is 10.4. The third-order valence-corrected chi connectivity index (χ3v) is 2.82. The highest BCUT2D eigenvalue weighted by Gasteiger charge is 2.14. The number of ether oxygens (including phenoxy) is 1. The normalized spacial score (nSPS) is 10.6. The largest absolute Gasteiger partial charge is 0.383 e. The van der Waals surface area contributed by atoms with E-state index in [9.17, 15) is 4.79 Å². The Morgan fingerprint density at radius 2 is 2.44 bits per heavy atom. The Morgan fingerprint density at radius 1 is 1.61 bits per heavy atom. The second-order valence-corrected chi connectivity index (χ2v) is 4.50. The van der Waals surface area contributed by atoms with Crippen LogP contribution in [0.5, 0.6) is 0 Å². The molecule has 18 heavy (non-hydrogen) atoms. The minimum Gasteiger partial charge on any atom is -0.383 e. The Morgan fingerprint density at radius 3 is 3.11 bits per heavy atom. The van der Waals surface area contributed by atoms with Crippen LogP contribution >= 0.6 is 11.5 Å². The van der Waals surface area contributed by atoms with Crippen LogP contribution in [0.1, 0.15) is 15.4 Å².